The first-order valence-corrected chi connectivity index (χ1v) is 4.12. The van der Waals surface area contributed by atoms with Gasteiger partial charge in [-0.3, -0.25) is 4.79 Å². The molecule has 0 aliphatic carbocycles. The number of alkyl halides is 1. The molecule has 0 saturated heterocycles. The van der Waals surface area contributed by atoms with Crippen molar-refractivity contribution < 1.29 is 13.9 Å². The van der Waals surface area contributed by atoms with Crippen LogP contribution in [0.15, 0.2) is 18.2 Å². The van der Waals surface area contributed by atoms with E-state index in [9.17, 15) is 9.18 Å². The van der Waals surface area contributed by atoms with Crippen molar-refractivity contribution in [1.82, 2.24) is 0 Å². The summed E-state index contributed by atoms with van der Waals surface area (Å²) in [7, 11) is 0. The molecule has 0 aromatic heterocycles. The fraction of sp³-hybridized carbons (Fsp3) is 0.300. The summed E-state index contributed by atoms with van der Waals surface area (Å²) >= 11 is 0. The number of hydrogen-bond donors (Lipinski definition) is 0. The molecular formula is C10H9FO2. The lowest BCUT2D eigenvalue weighted by molar-refractivity contribution is 0.0415. The van der Waals surface area contributed by atoms with Crippen molar-refractivity contribution in [2.24, 2.45) is 0 Å². The third-order valence-electron chi connectivity index (χ3n) is 2.10. The minimum atomic E-state index is -1.49. The lowest BCUT2D eigenvalue weighted by Crippen LogP contribution is -2.23. The van der Waals surface area contributed by atoms with E-state index in [1.165, 1.54) is 0 Å². The Morgan fingerprint density at radius 1 is 1.54 bits per heavy atom. The fourth-order valence-corrected chi connectivity index (χ4v) is 1.45. The molecule has 2 nitrogen and oxygen atoms in total. The molecule has 13 heavy (non-hydrogen) atoms. The number of para-hydroxylation sites is 1. The van der Waals surface area contributed by atoms with Gasteiger partial charge in [-0.25, -0.2) is 4.39 Å². The maximum atomic E-state index is 12.8. The minimum absolute atomic E-state index is 0.170. The number of hydrogen-bond acceptors (Lipinski definition) is 2. The Balaban J connectivity index is 2.55. The molecule has 1 atom stereocenters. The van der Waals surface area contributed by atoms with Gasteiger partial charge in [-0.15, -0.1) is 0 Å². The largest absolute Gasteiger partial charge is 0.459 e. The van der Waals surface area contributed by atoms with Crippen molar-refractivity contribution in [2.45, 2.75) is 19.7 Å². The highest BCUT2D eigenvalue weighted by Crippen LogP contribution is 2.30. The second-order valence-electron chi connectivity index (χ2n) is 3.11. The number of carbonyl (C=O) groups is 1. The van der Waals surface area contributed by atoms with Gasteiger partial charge in [0, 0.05) is 0 Å². The third kappa shape index (κ3) is 1.30. The molecule has 1 aromatic rings. The lowest BCUT2D eigenvalue weighted by Gasteiger charge is -2.20. The molecule has 3 heteroatoms. The fourth-order valence-electron chi connectivity index (χ4n) is 1.45. The van der Waals surface area contributed by atoms with Crippen LogP contribution in [0.3, 0.4) is 0 Å². The summed E-state index contributed by atoms with van der Waals surface area (Å²) < 4.78 is 17.8. The van der Waals surface area contributed by atoms with Crippen molar-refractivity contribution in [1.29, 1.82) is 0 Å². The number of carbonyl (C=O) groups excluding carboxylic acids is 1. The average Bonchev–Trinajstić information content (AvgIpc) is 2.07. The van der Waals surface area contributed by atoms with Crippen LogP contribution in [0.2, 0.25) is 0 Å². The van der Waals surface area contributed by atoms with E-state index in [4.69, 9.17) is 4.74 Å². The van der Waals surface area contributed by atoms with Gasteiger partial charge in [0.05, 0.1) is 12.0 Å². The average molecular weight is 180 g/mol. The monoisotopic (exact) mass is 180 g/mol. The van der Waals surface area contributed by atoms with Crippen LogP contribution in [0.25, 0.3) is 0 Å². The first kappa shape index (κ1) is 8.23. The number of aryl methyl sites for hydroxylation is 1. The van der Waals surface area contributed by atoms with Crippen LogP contribution >= 0.6 is 0 Å². The molecular weight excluding hydrogens is 171 g/mol. The van der Waals surface area contributed by atoms with Crippen molar-refractivity contribution in [2.75, 3.05) is 0 Å². The summed E-state index contributed by atoms with van der Waals surface area (Å²) in [4.78, 5) is 11.3. The third-order valence-corrected chi connectivity index (χ3v) is 2.10. The van der Waals surface area contributed by atoms with E-state index in [0.29, 0.717) is 11.3 Å². The summed E-state index contributed by atoms with van der Waals surface area (Å²) in [6.45, 7) is 1.80. The molecule has 0 amide bonds. The molecule has 0 bridgehead atoms. The van der Waals surface area contributed by atoms with Crippen molar-refractivity contribution >= 4 is 5.78 Å². The standard InChI is InChI=1S/C10H9FO2/c1-6-3-2-4-7-8(12)5-9(11)13-10(6)7/h2-4,9H,5H2,1H3. The SMILES string of the molecule is Cc1cccc2c1OC(F)CC2=O. The molecule has 1 unspecified atom stereocenters. The lowest BCUT2D eigenvalue weighted by atomic mass is 10.0. The Morgan fingerprint density at radius 3 is 3.08 bits per heavy atom. The Morgan fingerprint density at radius 2 is 2.31 bits per heavy atom. The summed E-state index contributed by atoms with van der Waals surface area (Å²) in [5.41, 5.74) is 1.29. The number of halogens is 1. The van der Waals surface area contributed by atoms with E-state index in [1.54, 1.807) is 25.1 Å². The van der Waals surface area contributed by atoms with E-state index in [-0.39, 0.29) is 12.2 Å². The zero-order chi connectivity index (χ0) is 9.42. The first-order chi connectivity index (χ1) is 6.18. The van der Waals surface area contributed by atoms with Crippen molar-refractivity contribution in [3.63, 3.8) is 0 Å². The zero-order valence-electron chi connectivity index (χ0n) is 7.21. The maximum absolute atomic E-state index is 12.8. The second kappa shape index (κ2) is 2.83. The number of fused-ring (bicyclic) bond motifs is 1. The van der Waals surface area contributed by atoms with E-state index >= 15 is 0 Å². The van der Waals surface area contributed by atoms with Gasteiger partial charge in [-0.05, 0) is 18.6 Å². The molecule has 0 radical (unpaired) electrons. The van der Waals surface area contributed by atoms with Gasteiger partial charge in [0.1, 0.15) is 5.75 Å². The summed E-state index contributed by atoms with van der Waals surface area (Å²) in [5, 5.41) is 0. The molecule has 68 valence electrons. The molecule has 2 rings (SSSR count). The van der Waals surface area contributed by atoms with E-state index < -0.39 is 6.36 Å². The molecule has 1 heterocycles. The molecule has 0 saturated carbocycles. The highest BCUT2D eigenvalue weighted by Gasteiger charge is 2.26. The molecule has 1 aliphatic heterocycles. The van der Waals surface area contributed by atoms with Crippen LogP contribution < -0.4 is 4.74 Å². The molecule has 0 fully saturated rings. The number of Topliss-reactive ketones (excluding diaryl/α,β-unsaturated/α-hetero) is 1. The molecule has 0 N–H and O–H groups in total. The van der Waals surface area contributed by atoms with Crippen LogP contribution in [0.1, 0.15) is 22.3 Å². The van der Waals surface area contributed by atoms with Crippen molar-refractivity contribution in [3.8, 4) is 5.75 Å². The number of rotatable bonds is 0. The van der Waals surface area contributed by atoms with E-state index in [2.05, 4.69) is 0 Å². The Labute approximate surface area is 75.3 Å². The zero-order valence-corrected chi connectivity index (χ0v) is 7.21. The predicted molar refractivity (Wildman–Crippen MR) is 45.7 cm³/mol. The Bertz CT molecular complexity index is 360. The predicted octanol–water partition coefficient (Wildman–Crippen LogP) is 2.26. The van der Waals surface area contributed by atoms with Crippen LogP contribution in [0.4, 0.5) is 4.39 Å². The van der Waals surface area contributed by atoms with Gasteiger partial charge in [0.15, 0.2) is 5.78 Å². The van der Waals surface area contributed by atoms with E-state index in [0.717, 1.165) is 5.56 Å². The van der Waals surface area contributed by atoms with Crippen LogP contribution in [0, 0.1) is 6.92 Å². The van der Waals surface area contributed by atoms with Crippen LogP contribution in [-0.4, -0.2) is 12.1 Å². The summed E-state index contributed by atoms with van der Waals surface area (Å²) in [5.74, 6) is 0.212. The van der Waals surface area contributed by atoms with Gasteiger partial charge in [0.2, 0.25) is 6.36 Å². The second-order valence-corrected chi connectivity index (χ2v) is 3.11. The van der Waals surface area contributed by atoms with E-state index in [1.807, 2.05) is 0 Å². The normalized spacial score (nSPS) is 20.8. The van der Waals surface area contributed by atoms with Crippen molar-refractivity contribution in [3.05, 3.63) is 29.3 Å². The smallest absolute Gasteiger partial charge is 0.245 e. The maximum Gasteiger partial charge on any atom is 0.245 e. The quantitative estimate of drug-likeness (QED) is 0.612. The van der Waals surface area contributed by atoms with Gasteiger partial charge in [0.25, 0.3) is 0 Å². The Kier molecular flexibility index (Phi) is 1.79. The summed E-state index contributed by atoms with van der Waals surface area (Å²) in [6.07, 6.45) is -1.66. The highest BCUT2D eigenvalue weighted by atomic mass is 19.1. The first-order valence-electron chi connectivity index (χ1n) is 4.12. The topological polar surface area (TPSA) is 26.3 Å². The minimum Gasteiger partial charge on any atom is -0.459 e. The van der Waals surface area contributed by atoms with Crippen LogP contribution in [0.5, 0.6) is 5.75 Å². The van der Waals surface area contributed by atoms with Gasteiger partial charge < -0.3 is 4.74 Å². The molecule has 0 spiro atoms. The van der Waals surface area contributed by atoms with Gasteiger partial charge in [-0.1, -0.05) is 12.1 Å². The number of ketones is 1. The van der Waals surface area contributed by atoms with Gasteiger partial charge >= 0.3 is 0 Å². The summed E-state index contributed by atoms with van der Waals surface area (Å²) in [6, 6.07) is 5.23. The van der Waals surface area contributed by atoms with Crippen LogP contribution in [-0.2, 0) is 0 Å². The highest BCUT2D eigenvalue weighted by molar-refractivity contribution is 6.00. The number of benzene rings is 1. The van der Waals surface area contributed by atoms with Gasteiger partial charge in [-0.2, -0.15) is 0 Å². The molecule has 1 aromatic carbocycles. The Hall–Kier alpha value is -1.38. The number of ether oxygens (including phenoxy) is 1. The molecule has 1 aliphatic rings.